The normalized spacial score (nSPS) is 13.2. The van der Waals surface area contributed by atoms with E-state index in [1.807, 2.05) is 49.4 Å². The molecular weight excluding hydrogens is 481 g/mol. The zero-order valence-electron chi connectivity index (χ0n) is 21.5. The van der Waals surface area contributed by atoms with Gasteiger partial charge in [0.15, 0.2) is 0 Å². The molecule has 7 nitrogen and oxygen atoms in total. The second kappa shape index (κ2) is 10.1. The Kier molecular flexibility index (Phi) is 6.72. The molecule has 3 heterocycles. The van der Waals surface area contributed by atoms with Crippen molar-refractivity contribution in [3.05, 3.63) is 90.0 Å². The van der Waals surface area contributed by atoms with E-state index in [9.17, 15) is 14.0 Å². The number of rotatable bonds is 7. The standard InChI is InChI=1S/C30H28FN5O2/c1-18-4-7-23(35-29(38)22-10-12-33-26(15-22)30(2,3)31)17-24(18)20-8-11-32-25(14-20)21-9-13-34-27(16-21)36-28(37)19-5-6-19/h4,7-17,19H,5-6H2,1-3H3,(H,35,38)(H,34,36,37). The minimum absolute atomic E-state index is 0.00208. The van der Waals surface area contributed by atoms with Crippen molar-refractivity contribution < 1.29 is 14.0 Å². The third-order valence-corrected chi connectivity index (χ3v) is 6.45. The van der Waals surface area contributed by atoms with Crippen LogP contribution in [-0.4, -0.2) is 26.8 Å². The molecule has 5 rings (SSSR count). The van der Waals surface area contributed by atoms with Crippen molar-refractivity contribution in [1.82, 2.24) is 15.0 Å². The van der Waals surface area contributed by atoms with Crippen LogP contribution in [0.5, 0.6) is 0 Å². The summed E-state index contributed by atoms with van der Waals surface area (Å²) in [7, 11) is 0. The number of nitrogens with zero attached hydrogens (tertiary/aromatic N) is 3. The highest BCUT2D eigenvalue weighted by molar-refractivity contribution is 6.04. The Hall–Kier alpha value is -4.46. The van der Waals surface area contributed by atoms with Gasteiger partial charge in [0.1, 0.15) is 11.5 Å². The van der Waals surface area contributed by atoms with Crippen LogP contribution in [0.1, 0.15) is 48.3 Å². The number of benzene rings is 1. The average molecular weight is 510 g/mol. The minimum atomic E-state index is -1.65. The van der Waals surface area contributed by atoms with Crippen LogP contribution in [-0.2, 0) is 10.5 Å². The Morgan fingerprint density at radius 2 is 1.61 bits per heavy atom. The highest BCUT2D eigenvalue weighted by Gasteiger charge is 2.29. The second-order valence-corrected chi connectivity index (χ2v) is 10.0. The smallest absolute Gasteiger partial charge is 0.255 e. The van der Waals surface area contributed by atoms with Gasteiger partial charge < -0.3 is 10.6 Å². The van der Waals surface area contributed by atoms with E-state index in [-0.39, 0.29) is 23.4 Å². The summed E-state index contributed by atoms with van der Waals surface area (Å²) in [4.78, 5) is 37.9. The van der Waals surface area contributed by atoms with Gasteiger partial charge in [0.25, 0.3) is 5.91 Å². The highest BCUT2D eigenvalue weighted by atomic mass is 19.1. The SMILES string of the molecule is Cc1ccc(NC(=O)c2ccnc(C(C)(C)F)c2)cc1-c1ccnc(-c2ccnc(NC(=O)C3CC3)c2)c1. The maximum Gasteiger partial charge on any atom is 0.255 e. The van der Waals surface area contributed by atoms with E-state index in [4.69, 9.17) is 0 Å². The van der Waals surface area contributed by atoms with Crippen LogP contribution < -0.4 is 10.6 Å². The molecule has 0 unspecified atom stereocenters. The summed E-state index contributed by atoms with van der Waals surface area (Å²) in [6, 6.07) is 16.2. The monoisotopic (exact) mass is 509 g/mol. The van der Waals surface area contributed by atoms with E-state index in [1.54, 1.807) is 18.5 Å². The molecule has 38 heavy (non-hydrogen) atoms. The van der Waals surface area contributed by atoms with Crippen LogP contribution in [0.3, 0.4) is 0 Å². The molecule has 1 aliphatic rings. The van der Waals surface area contributed by atoms with Gasteiger partial charge in [0, 0.05) is 41.3 Å². The fraction of sp³-hybridized carbons (Fsp3) is 0.233. The molecule has 1 aromatic carbocycles. The highest BCUT2D eigenvalue weighted by Crippen LogP contribution is 2.32. The number of carbonyl (C=O) groups excluding carboxylic acids is 2. The predicted octanol–water partition coefficient (Wildman–Crippen LogP) is 6.32. The predicted molar refractivity (Wildman–Crippen MR) is 145 cm³/mol. The molecule has 1 saturated carbocycles. The van der Waals surface area contributed by atoms with Gasteiger partial charge >= 0.3 is 0 Å². The zero-order valence-corrected chi connectivity index (χ0v) is 21.5. The molecule has 4 aromatic rings. The molecule has 2 N–H and O–H groups in total. The molecular formula is C30H28FN5O2. The van der Waals surface area contributed by atoms with Gasteiger partial charge in [0.2, 0.25) is 5.91 Å². The van der Waals surface area contributed by atoms with E-state index >= 15 is 0 Å². The van der Waals surface area contributed by atoms with Crippen molar-refractivity contribution in [2.75, 3.05) is 10.6 Å². The lowest BCUT2D eigenvalue weighted by Gasteiger charge is -2.15. The maximum atomic E-state index is 14.3. The fourth-order valence-corrected chi connectivity index (χ4v) is 4.10. The van der Waals surface area contributed by atoms with Crippen molar-refractivity contribution in [2.45, 2.75) is 39.3 Å². The molecule has 3 aromatic heterocycles. The molecule has 0 bridgehead atoms. The van der Waals surface area contributed by atoms with Gasteiger partial charge in [-0.2, -0.15) is 0 Å². The van der Waals surface area contributed by atoms with E-state index in [2.05, 4.69) is 25.6 Å². The van der Waals surface area contributed by atoms with Crippen molar-refractivity contribution in [1.29, 1.82) is 0 Å². The van der Waals surface area contributed by atoms with Crippen molar-refractivity contribution in [3.63, 3.8) is 0 Å². The number of hydrogen-bond acceptors (Lipinski definition) is 5. The molecule has 1 fully saturated rings. The number of aromatic nitrogens is 3. The first kappa shape index (κ1) is 25.2. The second-order valence-electron chi connectivity index (χ2n) is 10.0. The van der Waals surface area contributed by atoms with Gasteiger partial charge in [-0.1, -0.05) is 6.07 Å². The zero-order chi connectivity index (χ0) is 26.9. The number of hydrogen-bond donors (Lipinski definition) is 2. The average Bonchev–Trinajstić information content (AvgIpc) is 3.75. The lowest BCUT2D eigenvalue weighted by Crippen LogP contribution is -2.16. The summed E-state index contributed by atoms with van der Waals surface area (Å²) in [5.74, 6) is 0.250. The van der Waals surface area contributed by atoms with E-state index in [1.165, 1.54) is 26.1 Å². The van der Waals surface area contributed by atoms with Gasteiger partial charge in [-0.3, -0.25) is 19.6 Å². The Labute approximate surface area is 220 Å². The first-order chi connectivity index (χ1) is 18.2. The minimum Gasteiger partial charge on any atom is -0.322 e. The number of amides is 2. The number of aryl methyl sites for hydroxylation is 1. The van der Waals surface area contributed by atoms with Crippen LogP contribution in [0.15, 0.2) is 73.2 Å². The topological polar surface area (TPSA) is 96.9 Å². The molecule has 1 aliphatic carbocycles. The Morgan fingerprint density at radius 1 is 0.868 bits per heavy atom. The van der Waals surface area contributed by atoms with Gasteiger partial charge in [-0.25, -0.2) is 9.37 Å². The summed E-state index contributed by atoms with van der Waals surface area (Å²) in [5, 5.41) is 5.78. The third-order valence-electron chi connectivity index (χ3n) is 6.45. The number of nitrogens with one attached hydrogen (secondary N) is 2. The third kappa shape index (κ3) is 5.75. The number of alkyl halides is 1. The molecule has 0 saturated heterocycles. The fourth-order valence-electron chi connectivity index (χ4n) is 4.10. The summed E-state index contributed by atoms with van der Waals surface area (Å²) < 4.78 is 14.3. The van der Waals surface area contributed by atoms with Crippen molar-refractivity contribution in [2.24, 2.45) is 5.92 Å². The summed E-state index contributed by atoms with van der Waals surface area (Å²) >= 11 is 0. The van der Waals surface area contributed by atoms with Crippen molar-refractivity contribution >= 4 is 23.3 Å². The Balaban J connectivity index is 1.38. The molecule has 2 amide bonds. The number of carbonyl (C=O) groups is 2. The molecule has 0 aliphatic heterocycles. The lowest BCUT2D eigenvalue weighted by molar-refractivity contribution is -0.117. The molecule has 192 valence electrons. The van der Waals surface area contributed by atoms with Gasteiger partial charge in [0.05, 0.1) is 11.4 Å². The van der Waals surface area contributed by atoms with Crippen LogP contribution in [0.25, 0.3) is 22.4 Å². The van der Waals surface area contributed by atoms with E-state index < -0.39 is 5.67 Å². The van der Waals surface area contributed by atoms with Crippen LogP contribution in [0.4, 0.5) is 15.9 Å². The van der Waals surface area contributed by atoms with Crippen LogP contribution in [0.2, 0.25) is 0 Å². The number of halogens is 1. The van der Waals surface area contributed by atoms with E-state index in [0.29, 0.717) is 17.1 Å². The summed E-state index contributed by atoms with van der Waals surface area (Å²) in [6.07, 6.45) is 6.67. The molecule has 0 atom stereocenters. The van der Waals surface area contributed by atoms with Gasteiger partial charge in [-0.15, -0.1) is 0 Å². The lowest BCUT2D eigenvalue weighted by atomic mass is 9.99. The molecule has 0 radical (unpaired) electrons. The van der Waals surface area contributed by atoms with E-state index in [0.717, 1.165) is 40.8 Å². The first-order valence-corrected chi connectivity index (χ1v) is 12.5. The number of anilines is 2. The largest absolute Gasteiger partial charge is 0.322 e. The summed E-state index contributed by atoms with van der Waals surface area (Å²) in [6.45, 7) is 4.81. The number of pyridine rings is 3. The first-order valence-electron chi connectivity index (χ1n) is 12.5. The quantitative estimate of drug-likeness (QED) is 0.304. The van der Waals surface area contributed by atoms with Crippen molar-refractivity contribution in [3.8, 4) is 22.4 Å². The Bertz CT molecular complexity index is 1530. The molecule has 8 heteroatoms. The molecule has 0 spiro atoms. The Morgan fingerprint density at radius 3 is 2.37 bits per heavy atom. The van der Waals surface area contributed by atoms with Crippen LogP contribution >= 0.6 is 0 Å². The maximum absolute atomic E-state index is 14.3. The van der Waals surface area contributed by atoms with Gasteiger partial charge in [-0.05, 0) is 98.8 Å². The summed E-state index contributed by atoms with van der Waals surface area (Å²) in [5.41, 5.74) is 3.95. The van der Waals surface area contributed by atoms with Crippen LogP contribution in [0, 0.1) is 12.8 Å².